The number of primary amides is 1. The fourth-order valence-corrected chi connectivity index (χ4v) is 1.35. The Balaban J connectivity index is 2.82. The van der Waals surface area contributed by atoms with Crippen molar-refractivity contribution in [1.82, 2.24) is 0 Å². The van der Waals surface area contributed by atoms with E-state index in [0.29, 0.717) is 11.5 Å². The van der Waals surface area contributed by atoms with Crippen molar-refractivity contribution in [3.63, 3.8) is 0 Å². The molecule has 0 aliphatic carbocycles. The van der Waals surface area contributed by atoms with Crippen molar-refractivity contribution in [3.8, 4) is 11.5 Å². The number of benzene rings is 1. The Morgan fingerprint density at radius 3 is 2.56 bits per heavy atom. The molecule has 0 radical (unpaired) electrons. The SMILES string of the molecule is CCc1ccc(OCC(C)(N)C(N)=O)c(OC)c1. The molecule has 1 unspecified atom stereocenters. The number of hydrogen-bond acceptors (Lipinski definition) is 4. The van der Waals surface area contributed by atoms with Crippen LogP contribution in [0.1, 0.15) is 19.4 Å². The molecular formula is C13H20N2O3. The van der Waals surface area contributed by atoms with Crippen LogP contribution < -0.4 is 20.9 Å². The summed E-state index contributed by atoms with van der Waals surface area (Å²) in [5.74, 6) is 0.564. The molecule has 1 aromatic carbocycles. The maximum Gasteiger partial charge on any atom is 0.240 e. The first-order chi connectivity index (χ1) is 8.40. The van der Waals surface area contributed by atoms with E-state index in [2.05, 4.69) is 6.92 Å². The van der Waals surface area contributed by atoms with E-state index in [1.807, 2.05) is 12.1 Å². The minimum absolute atomic E-state index is 0.00413. The molecule has 1 amide bonds. The van der Waals surface area contributed by atoms with Gasteiger partial charge in [-0.1, -0.05) is 13.0 Å². The highest BCUT2D eigenvalue weighted by Gasteiger charge is 2.27. The van der Waals surface area contributed by atoms with Crippen molar-refractivity contribution in [2.24, 2.45) is 11.5 Å². The first kappa shape index (κ1) is 14.3. The fraction of sp³-hybridized carbons (Fsp3) is 0.462. The van der Waals surface area contributed by atoms with Gasteiger partial charge in [0.05, 0.1) is 7.11 Å². The number of hydrogen-bond donors (Lipinski definition) is 2. The molecule has 0 aromatic heterocycles. The van der Waals surface area contributed by atoms with Gasteiger partial charge in [-0.05, 0) is 31.0 Å². The van der Waals surface area contributed by atoms with E-state index in [-0.39, 0.29) is 6.61 Å². The van der Waals surface area contributed by atoms with Crippen LogP contribution in [0.2, 0.25) is 0 Å². The molecule has 5 nitrogen and oxygen atoms in total. The molecule has 100 valence electrons. The number of carbonyl (C=O) groups is 1. The number of methoxy groups -OCH3 is 1. The molecule has 1 aromatic rings. The maximum atomic E-state index is 11.1. The highest BCUT2D eigenvalue weighted by atomic mass is 16.5. The van der Waals surface area contributed by atoms with Crippen LogP contribution in [0.15, 0.2) is 18.2 Å². The highest BCUT2D eigenvalue weighted by Crippen LogP contribution is 2.28. The van der Waals surface area contributed by atoms with Crippen LogP contribution in [0.5, 0.6) is 11.5 Å². The third kappa shape index (κ3) is 3.37. The summed E-state index contributed by atoms with van der Waals surface area (Å²) in [5.41, 5.74) is 10.8. The van der Waals surface area contributed by atoms with Gasteiger partial charge in [-0.2, -0.15) is 0 Å². The lowest BCUT2D eigenvalue weighted by molar-refractivity contribution is -0.123. The highest BCUT2D eigenvalue weighted by molar-refractivity contribution is 5.84. The second kappa shape index (κ2) is 5.73. The zero-order valence-electron chi connectivity index (χ0n) is 11.0. The lowest BCUT2D eigenvalue weighted by Gasteiger charge is -2.21. The van der Waals surface area contributed by atoms with E-state index in [4.69, 9.17) is 20.9 Å². The fourth-order valence-electron chi connectivity index (χ4n) is 1.35. The monoisotopic (exact) mass is 252 g/mol. The van der Waals surface area contributed by atoms with Gasteiger partial charge in [0.2, 0.25) is 5.91 Å². The summed E-state index contributed by atoms with van der Waals surface area (Å²) in [6, 6.07) is 5.64. The molecule has 1 rings (SSSR count). The third-order valence-corrected chi connectivity index (χ3v) is 2.73. The second-order valence-electron chi connectivity index (χ2n) is 4.41. The number of rotatable bonds is 6. The lowest BCUT2D eigenvalue weighted by atomic mass is 10.1. The molecule has 0 spiro atoms. The van der Waals surface area contributed by atoms with Crippen LogP contribution in [0, 0.1) is 0 Å². The average Bonchev–Trinajstić information content (AvgIpc) is 2.35. The van der Waals surface area contributed by atoms with Gasteiger partial charge < -0.3 is 20.9 Å². The number of nitrogens with two attached hydrogens (primary N) is 2. The molecule has 1 atom stereocenters. The largest absolute Gasteiger partial charge is 0.493 e. The van der Waals surface area contributed by atoms with Crippen molar-refractivity contribution < 1.29 is 14.3 Å². The zero-order chi connectivity index (χ0) is 13.8. The zero-order valence-corrected chi connectivity index (χ0v) is 11.0. The summed E-state index contributed by atoms with van der Waals surface area (Å²) in [5, 5.41) is 0. The van der Waals surface area contributed by atoms with E-state index >= 15 is 0 Å². The number of ether oxygens (including phenoxy) is 2. The summed E-state index contributed by atoms with van der Waals surface area (Å²) in [6.07, 6.45) is 0.909. The first-order valence-corrected chi connectivity index (χ1v) is 5.79. The predicted octanol–water partition coefficient (Wildman–Crippen LogP) is 0.839. The molecule has 0 heterocycles. The minimum Gasteiger partial charge on any atom is -0.493 e. The van der Waals surface area contributed by atoms with Gasteiger partial charge in [0.25, 0.3) is 0 Å². The molecule has 18 heavy (non-hydrogen) atoms. The van der Waals surface area contributed by atoms with E-state index in [0.717, 1.165) is 12.0 Å². The average molecular weight is 252 g/mol. The molecule has 5 heteroatoms. The normalized spacial score (nSPS) is 13.8. The van der Waals surface area contributed by atoms with Gasteiger partial charge in [0.1, 0.15) is 12.1 Å². The number of aryl methyl sites for hydroxylation is 1. The van der Waals surface area contributed by atoms with Crippen LogP contribution in [0.4, 0.5) is 0 Å². The van der Waals surface area contributed by atoms with Crippen molar-refractivity contribution >= 4 is 5.91 Å². The van der Waals surface area contributed by atoms with Gasteiger partial charge in [-0.3, -0.25) is 4.79 Å². The number of carbonyl (C=O) groups excluding carboxylic acids is 1. The maximum absolute atomic E-state index is 11.1. The van der Waals surface area contributed by atoms with E-state index < -0.39 is 11.4 Å². The summed E-state index contributed by atoms with van der Waals surface area (Å²) in [4.78, 5) is 11.1. The molecule has 0 aliphatic rings. The third-order valence-electron chi connectivity index (χ3n) is 2.73. The molecule has 0 aliphatic heterocycles. The molecule has 4 N–H and O–H groups in total. The minimum atomic E-state index is -1.20. The molecule has 0 saturated carbocycles. The van der Waals surface area contributed by atoms with Crippen LogP contribution >= 0.6 is 0 Å². The smallest absolute Gasteiger partial charge is 0.240 e. The lowest BCUT2D eigenvalue weighted by Crippen LogP contribution is -2.53. The van der Waals surface area contributed by atoms with E-state index in [1.165, 1.54) is 6.92 Å². The second-order valence-corrected chi connectivity index (χ2v) is 4.41. The van der Waals surface area contributed by atoms with Gasteiger partial charge in [-0.25, -0.2) is 0 Å². The van der Waals surface area contributed by atoms with E-state index in [1.54, 1.807) is 13.2 Å². The predicted molar refractivity (Wildman–Crippen MR) is 69.7 cm³/mol. The molecule has 0 fully saturated rings. The van der Waals surface area contributed by atoms with Crippen molar-refractivity contribution in [1.29, 1.82) is 0 Å². The van der Waals surface area contributed by atoms with Gasteiger partial charge in [0, 0.05) is 0 Å². The Morgan fingerprint density at radius 2 is 2.06 bits per heavy atom. The van der Waals surface area contributed by atoms with Crippen LogP contribution in [-0.4, -0.2) is 25.2 Å². The van der Waals surface area contributed by atoms with E-state index in [9.17, 15) is 4.79 Å². The summed E-state index contributed by atoms with van der Waals surface area (Å²) in [7, 11) is 1.57. The summed E-state index contributed by atoms with van der Waals surface area (Å²) >= 11 is 0. The molecule has 0 saturated heterocycles. The van der Waals surface area contributed by atoms with Crippen LogP contribution in [-0.2, 0) is 11.2 Å². The van der Waals surface area contributed by atoms with Crippen LogP contribution in [0.3, 0.4) is 0 Å². The number of amides is 1. The summed E-state index contributed by atoms with van der Waals surface area (Å²) in [6.45, 7) is 3.59. The Kier molecular flexibility index (Phi) is 4.55. The Labute approximate surface area is 107 Å². The molecular weight excluding hydrogens is 232 g/mol. The Morgan fingerprint density at radius 1 is 1.39 bits per heavy atom. The quantitative estimate of drug-likeness (QED) is 0.785. The van der Waals surface area contributed by atoms with Gasteiger partial charge in [0.15, 0.2) is 11.5 Å². The first-order valence-electron chi connectivity index (χ1n) is 5.79. The van der Waals surface area contributed by atoms with Gasteiger partial charge >= 0.3 is 0 Å². The summed E-state index contributed by atoms with van der Waals surface area (Å²) < 4.78 is 10.7. The Hall–Kier alpha value is -1.75. The standard InChI is InChI=1S/C13H20N2O3/c1-4-9-5-6-10(11(7-9)17-3)18-8-13(2,15)12(14)16/h5-7H,4,8,15H2,1-3H3,(H2,14,16). The van der Waals surface area contributed by atoms with Crippen molar-refractivity contribution in [3.05, 3.63) is 23.8 Å². The van der Waals surface area contributed by atoms with Crippen LogP contribution in [0.25, 0.3) is 0 Å². The van der Waals surface area contributed by atoms with Crippen molar-refractivity contribution in [2.75, 3.05) is 13.7 Å². The Bertz CT molecular complexity index is 430. The topological polar surface area (TPSA) is 87.6 Å². The van der Waals surface area contributed by atoms with Gasteiger partial charge in [-0.15, -0.1) is 0 Å². The molecule has 0 bridgehead atoms. The van der Waals surface area contributed by atoms with Crippen molar-refractivity contribution in [2.45, 2.75) is 25.8 Å².